The van der Waals surface area contributed by atoms with Crippen molar-refractivity contribution >= 4 is 5.91 Å². The highest BCUT2D eigenvalue weighted by Crippen LogP contribution is 2.23. The minimum Gasteiger partial charge on any atom is -0.476 e. The van der Waals surface area contributed by atoms with Gasteiger partial charge in [0.2, 0.25) is 6.10 Å². The third kappa shape index (κ3) is 3.61. The van der Waals surface area contributed by atoms with Crippen LogP contribution in [0, 0.1) is 0 Å². The summed E-state index contributed by atoms with van der Waals surface area (Å²) in [6.07, 6.45) is 4.85. The summed E-state index contributed by atoms with van der Waals surface area (Å²) >= 11 is 0. The molecule has 2 unspecified atom stereocenters. The molecule has 1 amide bonds. The van der Waals surface area contributed by atoms with Gasteiger partial charge >= 0.3 is 0 Å². The molecule has 0 fully saturated rings. The molecular weight excluding hydrogens is 326 g/mol. The number of carbonyl (C=O) groups is 1. The number of hydrogen-bond acceptors (Lipinski definition) is 3. The van der Waals surface area contributed by atoms with Crippen LogP contribution >= 0.6 is 0 Å². The summed E-state index contributed by atoms with van der Waals surface area (Å²) in [5.41, 5.74) is 0.841. The van der Waals surface area contributed by atoms with E-state index in [0.29, 0.717) is 5.75 Å². The van der Waals surface area contributed by atoms with Crippen LogP contribution in [0.2, 0.25) is 0 Å². The highest BCUT2D eigenvalue weighted by Gasteiger charge is 2.27. The molecule has 1 aromatic heterocycles. The largest absolute Gasteiger partial charge is 0.476 e. The summed E-state index contributed by atoms with van der Waals surface area (Å²) in [6.45, 7) is 0.744. The molecule has 0 spiro atoms. The maximum atomic E-state index is 13.0. The van der Waals surface area contributed by atoms with E-state index >= 15 is 0 Å². The number of nitrogens with one attached hydrogen (secondary N) is 1. The third-order valence-electron chi connectivity index (χ3n) is 4.62. The van der Waals surface area contributed by atoms with Gasteiger partial charge in [0.25, 0.3) is 5.91 Å². The highest BCUT2D eigenvalue weighted by molar-refractivity contribution is 5.82. The standard InChI is InChI=1S/C21H21N3O2/c25-21(23-17-11-12-19-22-13-14-24(19)15-17)20(16-7-3-1-4-8-16)26-18-9-5-2-6-10-18/h1-10,13-14,17,20H,11-12,15H2,(H,23,25). The number of aryl methyl sites for hydroxylation is 1. The second-order valence-corrected chi connectivity index (χ2v) is 6.46. The third-order valence-corrected chi connectivity index (χ3v) is 4.62. The van der Waals surface area contributed by atoms with Crippen molar-refractivity contribution in [1.82, 2.24) is 14.9 Å². The Bertz CT molecular complexity index is 861. The van der Waals surface area contributed by atoms with E-state index in [1.54, 1.807) is 0 Å². The van der Waals surface area contributed by atoms with Crippen LogP contribution in [0.5, 0.6) is 5.75 Å². The van der Waals surface area contributed by atoms with Gasteiger partial charge in [-0.05, 0) is 18.6 Å². The molecule has 0 saturated carbocycles. The van der Waals surface area contributed by atoms with Gasteiger partial charge in [0.15, 0.2) is 0 Å². The Morgan fingerprint density at radius 2 is 1.85 bits per heavy atom. The maximum absolute atomic E-state index is 13.0. The molecule has 0 saturated heterocycles. The number of para-hydroxylation sites is 1. The van der Waals surface area contributed by atoms with Gasteiger partial charge in [0.1, 0.15) is 11.6 Å². The van der Waals surface area contributed by atoms with Crippen molar-refractivity contribution in [3.63, 3.8) is 0 Å². The highest BCUT2D eigenvalue weighted by atomic mass is 16.5. The number of nitrogens with zero attached hydrogens (tertiary/aromatic N) is 2. The van der Waals surface area contributed by atoms with E-state index in [-0.39, 0.29) is 11.9 Å². The first-order chi connectivity index (χ1) is 12.8. The Balaban J connectivity index is 1.51. The van der Waals surface area contributed by atoms with Crippen molar-refractivity contribution in [2.45, 2.75) is 31.5 Å². The lowest BCUT2D eigenvalue weighted by Crippen LogP contribution is -2.44. The fraction of sp³-hybridized carbons (Fsp3) is 0.238. The number of carbonyl (C=O) groups excluding carboxylic acids is 1. The van der Waals surface area contributed by atoms with Crippen LogP contribution in [-0.2, 0) is 17.8 Å². The molecule has 0 bridgehead atoms. The maximum Gasteiger partial charge on any atom is 0.266 e. The van der Waals surface area contributed by atoms with Crippen molar-refractivity contribution in [2.24, 2.45) is 0 Å². The Morgan fingerprint density at radius 3 is 2.62 bits per heavy atom. The molecule has 2 atom stereocenters. The second kappa shape index (κ2) is 7.44. The fourth-order valence-corrected chi connectivity index (χ4v) is 3.30. The summed E-state index contributed by atoms with van der Waals surface area (Å²) in [7, 11) is 0. The van der Waals surface area contributed by atoms with E-state index in [1.165, 1.54) is 0 Å². The monoisotopic (exact) mass is 347 g/mol. The Kier molecular flexibility index (Phi) is 4.69. The lowest BCUT2D eigenvalue weighted by Gasteiger charge is -2.27. The van der Waals surface area contributed by atoms with Crippen molar-refractivity contribution < 1.29 is 9.53 Å². The van der Waals surface area contributed by atoms with Crippen LogP contribution < -0.4 is 10.1 Å². The molecule has 3 aromatic rings. The zero-order valence-electron chi connectivity index (χ0n) is 14.4. The van der Waals surface area contributed by atoms with Crippen LogP contribution in [0.1, 0.15) is 23.9 Å². The number of aromatic nitrogens is 2. The number of rotatable bonds is 5. The van der Waals surface area contributed by atoms with Crippen LogP contribution in [0.4, 0.5) is 0 Å². The smallest absolute Gasteiger partial charge is 0.266 e. The van der Waals surface area contributed by atoms with E-state index in [0.717, 1.165) is 30.8 Å². The van der Waals surface area contributed by atoms with Crippen LogP contribution in [0.3, 0.4) is 0 Å². The normalized spacial score (nSPS) is 17.2. The van der Waals surface area contributed by atoms with Crippen LogP contribution in [0.25, 0.3) is 0 Å². The minimum atomic E-state index is -0.678. The van der Waals surface area contributed by atoms with Gasteiger partial charge in [0, 0.05) is 37.0 Å². The van der Waals surface area contributed by atoms with E-state index in [2.05, 4.69) is 14.9 Å². The van der Waals surface area contributed by atoms with E-state index < -0.39 is 6.10 Å². The molecule has 0 radical (unpaired) electrons. The first-order valence-electron chi connectivity index (χ1n) is 8.86. The Labute approximate surface area is 152 Å². The summed E-state index contributed by atoms with van der Waals surface area (Å²) in [4.78, 5) is 17.3. The lowest BCUT2D eigenvalue weighted by molar-refractivity contribution is -0.129. The van der Waals surface area contributed by atoms with E-state index in [9.17, 15) is 4.79 Å². The Hall–Kier alpha value is -3.08. The molecule has 1 N–H and O–H groups in total. The molecule has 5 heteroatoms. The molecule has 2 aromatic carbocycles. The Morgan fingerprint density at radius 1 is 1.12 bits per heavy atom. The summed E-state index contributed by atoms with van der Waals surface area (Å²) < 4.78 is 8.13. The van der Waals surface area contributed by atoms with Gasteiger partial charge in [-0.3, -0.25) is 4.79 Å². The first kappa shape index (κ1) is 16.4. The SMILES string of the molecule is O=C(NC1CCc2nccn2C1)C(Oc1ccccc1)c1ccccc1. The summed E-state index contributed by atoms with van der Waals surface area (Å²) in [5.74, 6) is 1.64. The molecule has 0 aliphatic carbocycles. The van der Waals surface area contributed by atoms with Crippen molar-refractivity contribution in [3.05, 3.63) is 84.4 Å². The zero-order valence-corrected chi connectivity index (χ0v) is 14.4. The number of ether oxygens (including phenoxy) is 1. The summed E-state index contributed by atoms with van der Waals surface area (Å²) in [6, 6.07) is 19.1. The van der Waals surface area contributed by atoms with Gasteiger partial charge in [-0.15, -0.1) is 0 Å². The minimum absolute atomic E-state index is 0.0785. The quantitative estimate of drug-likeness (QED) is 0.771. The van der Waals surface area contributed by atoms with Gasteiger partial charge in [-0.2, -0.15) is 0 Å². The van der Waals surface area contributed by atoms with Crippen molar-refractivity contribution in [1.29, 1.82) is 0 Å². The molecule has 5 nitrogen and oxygen atoms in total. The van der Waals surface area contributed by atoms with Gasteiger partial charge in [-0.25, -0.2) is 4.98 Å². The van der Waals surface area contributed by atoms with Crippen LogP contribution in [-0.4, -0.2) is 21.5 Å². The molecule has 2 heterocycles. The van der Waals surface area contributed by atoms with E-state index in [4.69, 9.17) is 4.74 Å². The second-order valence-electron chi connectivity index (χ2n) is 6.46. The molecule has 26 heavy (non-hydrogen) atoms. The molecule has 4 rings (SSSR count). The lowest BCUT2D eigenvalue weighted by atomic mass is 10.0. The predicted molar refractivity (Wildman–Crippen MR) is 98.7 cm³/mol. The number of fused-ring (bicyclic) bond motifs is 1. The zero-order chi connectivity index (χ0) is 17.8. The van der Waals surface area contributed by atoms with Crippen molar-refractivity contribution in [3.8, 4) is 5.75 Å². The number of amides is 1. The number of imidazole rings is 1. The first-order valence-corrected chi connectivity index (χ1v) is 8.86. The fourth-order valence-electron chi connectivity index (χ4n) is 3.30. The summed E-state index contributed by atoms with van der Waals surface area (Å²) in [5, 5.41) is 3.16. The van der Waals surface area contributed by atoms with Gasteiger partial charge in [-0.1, -0.05) is 48.5 Å². The molecule has 1 aliphatic heterocycles. The average Bonchev–Trinajstić information content (AvgIpc) is 3.15. The predicted octanol–water partition coefficient (Wildman–Crippen LogP) is 3.13. The number of hydrogen-bond donors (Lipinski definition) is 1. The average molecular weight is 347 g/mol. The topological polar surface area (TPSA) is 56.2 Å². The van der Waals surface area contributed by atoms with Crippen LogP contribution in [0.15, 0.2) is 73.1 Å². The van der Waals surface area contributed by atoms with Crippen molar-refractivity contribution in [2.75, 3.05) is 0 Å². The van der Waals surface area contributed by atoms with Gasteiger partial charge < -0.3 is 14.6 Å². The molecular formula is C21H21N3O2. The van der Waals surface area contributed by atoms with E-state index in [1.807, 2.05) is 73.1 Å². The number of benzene rings is 2. The van der Waals surface area contributed by atoms with Gasteiger partial charge in [0.05, 0.1) is 0 Å². The molecule has 1 aliphatic rings. The molecule has 132 valence electrons.